The van der Waals surface area contributed by atoms with Crippen LogP contribution in [0.4, 0.5) is 5.69 Å². The van der Waals surface area contributed by atoms with E-state index >= 15 is 0 Å². The van der Waals surface area contributed by atoms with E-state index in [-0.39, 0.29) is 0 Å². The molecule has 0 aliphatic heterocycles. The van der Waals surface area contributed by atoms with Crippen LogP contribution in [0.3, 0.4) is 0 Å². The molecule has 4 N–H and O–H groups in total. The van der Waals surface area contributed by atoms with Crippen molar-refractivity contribution in [3.63, 3.8) is 0 Å². The predicted molar refractivity (Wildman–Crippen MR) is 205 cm³/mol. The maximum atomic E-state index is 6.19. The highest BCUT2D eigenvalue weighted by Crippen LogP contribution is 2.36. The highest BCUT2D eigenvalue weighted by molar-refractivity contribution is 5.83. The lowest BCUT2D eigenvalue weighted by atomic mass is 9.92. The van der Waals surface area contributed by atoms with Crippen molar-refractivity contribution in [2.45, 2.75) is 26.1 Å². The van der Waals surface area contributed by atoms with Crippen LogP contribution in [0.5, 0.6) is 5.75 Å². The summed E-state index contributed by atoms with van der Waals surface area (Å²) in [6.45, 7) is 0.852. The zero-order valence-corrected chi connectivity index (χ0v) is 28.1. The van der Waals surface area contributed by atoms with Crippen LogP contribution in [-0.2, 0) is 18.0 Å². The molecule has 0 amide bonds. The third-order valence-corrected chi connectivity index (χ3v) is 9.07. The zero-order valence-electron chi connectivity index (χ0n) is 28.1. The van der Waals surface area contributed by atoms with Gasteiger partial charge in [0.05, 0.1) is 11.4 Å². The van der Waals surface area contributed by atoms with Gasteiger partial charge in [-0.3, -0.25) is 0 Å². The van der Waals surface area contributed by atoms with Crippen LogP contribution < -0.4 is 16.2 Å². The van der Waals surface area contributed by atoms with Gasteiger partial charge in [-0.25, -0.2) is 4.98 Å². The van der Waals surface area contributed by atoms with E-state index in [1.807, 2.05) is 60.7 Å². The van der Waals surface area contributed by atoms with Gasteiger partial charge >= 0.3 is 0 Å². The summed E-state index contributed by atoms with van der Waals surface area (Å²) in [6, 6.07) is 47.5. The topological polar surface area (TPSA) is 96.5 Å². The molecule has 8 rings (SSSR count). The summed E-state index contributed by atoms with van der Waals surface area (Å²) in [5.41, 5.74) is 24.8. The van der Waals surface area contributed by atoms with Gasteiger partial charge in [0.2, 0.25) is 5.89 Å². The summed E-state index contributed by atoms with van der Waals surface area (Å²) in [4.78, 5) is 4.76. The van der Waals surface area contributed by atoms with Gasteiger partial charge in [0.15, 0.2) is 5.58 Å². The molecule has 0 unspecified atom stereocenters. The fraction of sp³-hybridized carbons (Fsp3) is 0.0889. The normalized spacial score (nSPS) is 12.7. The van der Waals surface area contributed by atoms with Crippen molar-refractivity contribution in [3.8, 4) is 50.6 Å². The molecular formula is C45H37N3O3. The smallest absolute Gasteiger partial charge is 0.227 e. The molecule has 6 nitrogen and oxygen atoms in total. The zero-order chi connectivity index (χ0) is 34.6. The number of ether oxygens (including phenoxy) is 2. The molecule has 0 radical (unpaired) electrons. The highest BCUT2D eigenvalue weighted by Gasteiger charge is 2.13. The van der Waals surface area contributed by atoms with Crippen LogP contribution in [-0.4, -0.2) is 4.98 Å². The van der Waals surface area contributed by atoms with Crippen molar-refractivity contribution in [2.75, 3.05) is 5.73 Å². The SMILES string of the molecule is NC1=C(OCc2cccc(-c3cc(-c4cccc(COc5ccccc5N)c4)cc(-c4cccc(-c5nc6ccccc6o5)c4)c3)c2)CCC=C1. The molecule has 1 aliphatic rings. The van der Waals surface area contributed by atoms with E-state index in [1.54, 1.807) is 0 Å². The van der Waals surface area contributed by atoms with Gasteiger partial charge in [-0.2, -0.15) is 0 Å². The first-order valence-electron chi connectivity index (χ1n) is 17.1. The molecule has 0 bridgehead atoms. The van der Waals surface area contributed by atoms with Gasteiger partial charge in [0.25, 0.3) is 0 Å². The van der Waals surface area contributed by atoms with Gasteiger partial charge < -0.3 is 25.4 Å². The minimum Gasteiger partial charge on any atom is -0.491 e. The number of rotatable bonds is 10. The average molecular weight is 668 g/mol. The van der Waals surface area contributed by atoms with Crippen LogP contribution in [0.2, 0.25) is 0 Å². The van der Waals surface area contributed by atoms with Crippen molar-refractivity contribution in [2.24, 2.45) is 5.73 Å². The van der Waals surface area contributed by atoms with Crippen molar-refractivity contribution in [1.29, 1.82) is 0 Å². The van der Waals surface area contributed by atoms with Crippen LogP contribution in [0.1, 0.15) is 24.0 Å². The predicted octanol–water partition coefficient (Wildman–Crippen LogP) is 10.7. The molecule has 6 heteroatoms. The Morgan fingerprint density at radius 1 is 0.569 bits per heavy atom. The summed E-state index contributed by atoms with van der Waals surface area (Å²) >= 11 is 0. The molecule has 250 valence electrons. The lowest BCUT2D eigenvalue weighted by molar-refractivity contribution is 0.185. The Morgan fingerprint density at radius 2 is 1.16 bits per heavy atom. The molecule has 1 aliphatic carbocycles. The minimum absolute atomic E-state index is 0.403. The quantitative estimate of drug-likeness (QED) is 0.141. The Bertz CT molecular complexity index is 2390. The van der Waals surface area contributed by atoms with E-state index in [0.717, 1.165) is 79.8 Å². The minimum atomic E-state index is 0.403. The summed E-state index contributed by atoms with van der Waals surface area (Å²) < 4.78 is 18.4. The first-order valence-corrected chi connectivity index (χ1v) is 17.1. The number of fused-ring (bicyclic) bond motifs is 1. The second-order valence-electron chi connectivity index (χ2n) is 12.7. The molecule has 0 fully saturated rings. The van der Waals surface area contributed by atoms with Crippen LogP contribution in [0, 0.1) is 0 Å². The number of benzene rings is 6. The van der Waals surface area contributed by atoms with E-state index < -0.39 is 0 Å². The lowest BCUT2D eigenvalue weighted by Gasteiger charge is -2.16. The van der Waals surface area contributed by atoms with Crippen LogP contribution in [0.15, 0.2) is 168 Å². The van der Waals surface area contributed by atoms with Crippen molar-refractivity contribution < 1.29 is 13.9 Å². The molecule has 0 atom stereocenters. The molecule has 0 saturated heterocycles. The third-order valence-electron chi connectivity index (χ3n) is 9.07. The van der Waals surface area contributed by atoms with E-state index in [4.69, 9.17) is 30.3 Å². The van der Waals surface area contributed by atoms with Gasteiger partial charge in [-0.05, 0) is 124 Å². The Balaban J connectivity index is 1.16. The number of aromatic nitrogens is 1. The fourth-order valence-corrected chi connectivity index (χ4v) is 6.40. The van der Waals surface area contributed by atoms with Crippen molar-refractivity contribution in [3.05, 3.63) is 174 Å². The molecule has 6 aromatic carbocycles. The summed E-state index contributed by atoms with van der Waals surface area (Å²) in [7, 11) is 0. The number of hydrogen-bond acceptors (Lipinski definition) is 6. The standard InChI is InChI=1S/C45H37N3O3/c46-39-16-1-4-19-42(39)49-28-30-10-7-12-32(22-30)36-25-37(33-13-8-11-31(23-33)29-50-43-20-5-2-17-40(43)47)27-38(26-36)34-14-9-15-35(24-34)45-48-41-18-3-6-21-44(41)51-45/h1-4,6-19,21-27H,5,20,28-29,46-47H2. The molecule has 51 heavy (non-hydrogen) atoms. The maximum Gasteiger partial charge on any atom is 0.227 e. The first kappa shape index (κ1) is 31.7. The Kier molecular flexibility index (Phi) is 8.79. The summed E-state index contributed by atoms with van der Waals surface area (Å²) in [5.74, 6) is 2.12. The molecule has 1 aromatic heterocycles. The number of nitrogen functional groups attached to an aromatic ring is 1. The monoisotopic (exact) mass is 667 g/mol. The Labute approximate surface area is 297 Å². The summed E-state index contributed by atoms with van der Waals surface area (Å²) in [6.07, 6.45) is 5.77. The number of nitrogens with two attached hydrogens (primary N) is 2. The number of nitrogens with zero attached hydrogens (tertiary/aromatic N) is 1. The van der Waals surface area contributed by atoms with Gasteiger partial charge in [0, 0.05) is 12.0 Å². The van der Waals surface area contributed by atoms with Crippen molar-refractivity contribution >= 4 is 16.8 Å². The second kappa shape index (κ2) is 14.1. The number of oxazole rings is 1. The number of allylic oxidation sites excluding steroid dienone is 3. The van der Waals surface area contributed by atoms with Crippen molar-refractivity contribution in [1.82, 2.24) is 4.98 Å². The first-order chi connectivity index (χ1) is 25.1. The van der Waals surface area contributed by atoms with Gasteiger partial charge in [-0.15, -0.1) is 0 Å². The van der Waals surface area contributed by atoms with E-state index in [2.05, 4.69) is 91.0 Å². The Morgan fingerprint density at radius 3 is 1.84 bits per heavy atom. The highest BCUT2D eigenvalue weighted by atomic mass is 16.5. The number of anilines is 1. The molecule has 1 heterocycles. The van der Waals surface area contributed by atoms with E-state index in [9.17, 15) is 0 Å². The largest absolute Gasteiger partial charge is 0.491 e. The number of hydrogen-bond donors (Lipinski definition) is 2. The van der Waals surface area contributed by atoms with Gasteiger partial charge in [0.1, 0.15) is 30.2 Å². The van der Waals surface area contributed by atoms with Gasteiger partial charge in [-0.1, -0.05) is 78.9 Å². The van der Waals surface area contributed by atoms with E-state index in [0.29, 0.717) is 36.2 Å². The van der Waals surface area contributed by atoms with Crippen LogP contribution >= 0.6 is 0 Å². The number of para-hydroxylation sites is 4. The average Bonchev–Trinajstić information content (AvgIpc) is 3.62. The van der Waals surface area contributed by atoms with E-state index in [1.165, 1.54) is 0 Å². The molecule has 0 spiro atoms. The lowest BCUT2D eigenvalue weighted by Crippen LogP contribution is -2.06. The fourth-order valence-electron chi connectivity index (χ4n) is 6.40. The maximum absolute atomic E-state index is 6.19. The second-order valence-corrected chi connectivity index (χ2v) is 12.7. The molecule has 0 saturated carbocycles. The third kappa shape index (κ3) is 7.12. The molecule has 7 aromatic rings. The van der Waals surface area contributed by atoms with Crippen LogP contribution in [0.25, 0.3) is 55.9 Å². The molecular weight excluding hydrogens is 631 g/mol. The Hall–Kier alpha value is -6.53. The summed E-state index contributed by atoms with van der Waals surface area (Å²) in [5, 5.41) is 0.